The van der Waals surface area contributed by atoms with Crippen molar-refractivity contribution in [2.24, 2.45) is 34.5 Å². The van der Waals surface area contributed by atoms with Crippen LogP contribution in [0.2, 0.25) is 0 Å². The molecule has 1 saturated heterocycles. The first-order chi connectivity index (χ1) is 12.0. The van der Waals surface area contributed by atoms with Crippen molar-refractivity contribution in [3.8, 4) is 0 Å². The molecule has 3 heteroatoms. The molecule has 4 aliphatic carbocycles. The Morgan fingerprint density at radius 1 is 1.12 bits per heavy atom. The molecular formula is C22H33NO2. The fraction of sp³-hybridized carbons (Fsp3) is 0.864. The number of rotatable bonds is 1. The number of nitrogens with one attached hydrogen (secondary N) is 1. The largest absolute Gasteiger partial charge is 0.462 e. The number of hydrogen-bond acceptors (Lipinski definition) is 3. The number of hydrogen-bond donors (Lipinski definition) is 1. The van der Waals surface area contributed by atoms with Crippen LogP contribution in [-0.2, 0) is 9.53 Å². The summed E-state index contributed by atoms with van der Waals surface area (Å²) in [4.78, 5) is 12.9. The highest BCUT2D eigenvalue weighted by molar-refractivity contribution is 5.81. The predicted octanol–water partition coefficient (Wildman–Crippen LogP) is 4.08. The highest BCUT2D eigenvalue weighted by Gasteiger charge is 2.68. The van der Waals surface area contributed by atoms with Crippen LogP contribution in [0.25, 0.3) is 0 Å². The Kier molecular flexibility index (Phi) is 3.49. The standard InChI is InChI=1S/C22H33NO2/c1-13-17-6-7-19-16-5-4-14-12-15(23-3)8-10-21(14,2)18(16)9-11-22(17,19)20(24)25-13/h4,13,15-19,23H,5-12H2,1-3H3/t13?,15-,16+,17+,18-,19-,21-,22-/m0/s1. The summed E-state index contributed by atoms with van der Waals surface area (Å²) in [5.41, 5.74) is 1.97. The van der Waals surface area contributed by atoms with E-state index in [-0.39, 0.29) is 17.5 Å². The summed E-state index contributed by atoms with van der Waals surface area (Å²) in [5.74, 6) is 2.71. The van der Waals surface area contributed by atoms with Gasteiger partial charge in [0, 0.05) is 12.0 Å². The van der Waals surface area contributed by atoms with Crippen LogP contribution in [0.1, 0.15) is 65.2 Å². The summed E-state index contributed by atoms with van der Waals surface area (Å²) in [6.45, 7) is 4.67. The van der Waals surface area contributed by atoms with E-state index in [1.807, 2.05) is 0 Å². The summed E-state index contributed by atoms with van der Waals surface area (Å²) in [5, 5.41) is 3.50. The molecule has 4 fully saturated rings. The van der Waals surface area contributed by atoms with Crippen LogP contribution in [0.5, 0.6) is 0 Å². The fourth-order valence-corrected chi connectivity index (χ4v) is 8.04. The van der Waals surface area contributed by atoms with E-state index in [4.69, 9.17) is 4.74 Å². The average molecular weight is 344 g/mol. The van der Waals surface area contributed by atoms with Crippen molar-refractivity contribution in [3.05, 3.63) is 11.6 Å². The van der Waals surface area contributed by atoms with E-state index >= 15 is 0 Å². The van der Waals surface area contributed by atoms with Gasteiger partial charge in [-0.05, 0) is 88.5 Å². The lowest BCUT2D eigenvalue weighted by Gasteiger charge is -2.57. The quantitative estimate of drug-likeness (QED) is 0.576. The van der Waals surface area contributed by atoms with Crippen molar-refractivity contribution in [2.75, 3.05) is 7.05 Å². The van der Waals surface area contributed by atoms with Gasteiger partial charge in [0.1, 0.15) is 6.10 Å². The molecule has 0 radical (unpaired) electrons. The molecule has 0 aromatic heterocycles. The van der Waals surface area contributed by atoms with Crippen LogP contribution in [0.15, 0.2) is 11.6 Å². The minimum Gasteiger partial charge on any atom is -0.462 e. The Bertz CT molecular complexity index is 628. The molecule has 1 heterocycles. The van der Waals surface area contributed by atoms with Crippen LogP contribution in [-0.4, -0.2) is 25.2 Å². The van der Waals surface area contributed by atoms with Gasteiger partial charge in [-0.3, -0.25) is 4.79 Å². The second-order valence-electron chi connectivity index (χ2n) is 9.86. The molecule has 1 aliphatic heterocycles. The number of esters is 1. The fourth-order valence-electron chi connectivity index (χ4n) is 8.04. The Balaban J connectivity index is 1.49. The first-order valence-corrected chi connectivity index (χ1v) is 10.6. The van der Waals surface area contributed by atoms with Gasteiger partial charge in [0.2, 0.25) is 0 Å². The molecule has 0 aromatic carbocycles. The molecule has 0 amide bonds. The van der Waals surface area contributed by atoms with E-state index in [1.165, 1.54) is 44.9 Å². The number of ether oxygens (including phenoxy) is 1. The number of allylic oxidation sites excluding steroid dienone is 1. The smallest absolute Gasteiger partial charge is 0.313 e. The van der Waals surface area contributed by atoms with Crippen molar-refractivity contribution in [2.45, 2.75) is 77.4 Å². The van der Waals surface area contributed by atoms with E-state index in [1.54, 1.807) is 5.57 Å². The van der Waals surface area contributed by atoms with Gasteiger partial charge >= 0.3 is 5.97 Å². The van der Waals surface area contributed by atoms with Crippen molar-refractivity contribution in [1.29, 1.82) is 0 Å². The maximum absolute atomic E-state index is 12.9. The molecule has 1 spiro atoms. The second-order valence-corrected chi connectivity index (χ2v) is 9.86. The van der Waals surface area contributed by atoms with E-state index in [0.717, 1.165) is 12.3 Å². The SMILES string of the molecule is CN[C@H]1CC[C@@]2(C)C(=CC[C@H]3[C@@H]4CC[C@@H]5C(C)OC(=O)[C@@]54CC[C@@H]32)C1. The summed E-state index contributed by atoms with van der Waals surface area (Å²) < 4.78 is 5.77. The lowest BCUT2D eigenvalue weighted by Crippen LogP contribution is -2.53. The maximum Gasteiger partial charge on any atom is 0.313 e. The lowest BCUT2D eigenvalue weighted by atomic mass is 9.47. The van der Waals surface area contributed by atoms with Gasteiger partial charge in [0.15, 0.2) is 0 Å². The minimum atomic E-state index is -0.121. The van der Waals surface area contributed by atoms with Crippen molar-refractivity contribution >= 4 is 5.97 Å². The third kappa shape index (κ3) is 1.94. The molecule has 0 bridgehead atoms. The van der Waals surface area contributed by atoms with Crippen LogP contribution < -0.4 is 5.32 Å². The molecule has 3 saturated carbocycles. The second kappa shape index (κ2) is 5.34. The predicted molar refractivity (Wildman–Crippen MR) is 97.9 cm³/mol. The van der Waals surface area contributed by atoms with Gasteiger partial charge in [0.05, 0.1) is 5.41 Å². The maximum atomic E-state index is 12.9. The highest BCUT2D eigenvalue weighted by atomic mass is 16.6. The third-order valence-electron chi connectivity index (χ3n) is 9.33. The first-order valence-electron chi connectivity index (χ1n) is 10.6. The van der Waals surface area contributed by atoms with Gasteiger partial charge in [0.25, 0.3) is 0 Å². The summed E-state index contributed by atoms with van der Waals surface area (Å²) >= 11 is 0. The van der Waals surface area contributed by atoms with Crippen LogP contribution in [0.4, 0.5) is 0 Å². The topological polar surface area (TPSA) is 38.3 Å². The lowest BCUT2D eigenvalue weighted by molar-refractivity contribution is -0.156. The zero-order valence-corrected chi connectivity index (χ0v) is 16.0. The van der Waals surface area contributed by atoms with E-state index in [2.05, 4.69) is 32.3 Å². The number of cyclic esters (lactones) is 1. The van der Waals surface area contributed by atoms with Crippen LogP contribution >= 0.6 is 0 Å². The molecule has 138 valence electrons. The van der Waals surface area contributed by atoms with Crippen molar-refractivity contribution in [1.82, 2.24) is 5.32 Å². The summed E-state index contributed by atoms with van der Waals surface area (Å²) in [6.07, 6.45) is 12.6. The Labute approximate surface area is 152 Å². The molecule has 5 rings (SSSR count). The van der Waals surface area contributed by atoms with E-state index in [0.29, 0.717) is 29.2 Å². The monoisotopic (exact) mass is 343 g/mol. The van der Waals surface area contributed by atoms with Gasteiger partial charge in [-0.25, -0.2) is 0 Å². The van der Waals surface area contributed by atoms with Gasteiger partial charge in [-0.15, -0.1) is 0 Å². The van der Waals surface area contributed by atoms with Crippen molar-refractivity contribution in [3.63, 3.8) is 0 Å². The molecule has 1 unspecified atom stereocenters. The highest BCUT2D eigenvalue weighted by Crippen LogP contribution is 2.68. The van der Waals surface area contributed by atoms with Gasteiger partial charge in [-0.1, -0.05) is 18.6 Å². The van der Waals surface area contributed by atoms with Gasteiger partial charge in [-0.2, -0.15) is 0 Å². The molecule has 1 N–H and O–H groups in total. The number of fused-ring (bicyclic) bond motifs is 4. The zero-order chi connectivity index (χ0) is 17.4. The van der Waals surface area contributed by atoms with Gasteiger partial charge < -0.3 is 10.1 Å². The zero-order valence-electron chi connectivity index (χ0n) is 16.0. The summed E-state index contributed by atoms with van der Waals surface area (Å²) in [6, 6.07) is 0.660. The van der Waals surface area contributed by atoms with Crippen molar-refractivity contribution < 1.29 is 9.53 Å². The average Bonchev–Trinajstić information content (AvgIpc) is 3.11. The molecule has 25 heavy (non-hydrogen) atoms. The third-order valence-corrected chi connectivity index (χ3v) is 9.33. The molecule has 8 atom stereocenters. The molecule has 5 aliphatic rings. The Morgan fingerprint density at radius 3 is 2.72 bits per heavy atom. The minimum absolute atomic E-state index is 0.121. The number of carbonyl (C=O) groups is 1. The van der Waals surface area contributed by atoms with Crippen LogP contribution in [0, 0.1) is 34.5 Å². The normalized spacial score (nSPS) is 54.0. The number of carbonyl (C=O) groups excluding carboxylic acids is 1. The Hall–Kier alpha value is -0.830. The van der Waals surface area contributed by atoms with E-state index in [9.17, 15) is 4.79 Å². The first kappa shape index (κ1) is 16.4. The molecular weight excluding hydrogens is 310 g/mol. The molecule has 3 nitrogen and oxygen atoms in total. The summed E-state index contributed by atoms with van der Waals surface area (Å²) in [7, 11) is 2.11. The van der Waals surface area contributed by atoms with E-state index < -0.39 is 0 Å². The Morgan fingerprint density at radius 2 is 1.92 bits per heavy atom. The van der Waals surface area contributed by atoms with Crippen LogP contribution in [0.3, 0.4) is 0 Å². The molecule has 0 aromatic rings.